The molecule has 0 saturated heterocycles. The molecule has 102 valence electrons. The Bertz CT molecular complexity index is 369. The molecule has 1 aliphatic rings. The molecule has 0 spiro atoms. The highest BCUT2D eigenvalue weighted by molar-refractivity contribution is 5.80. The molecule has 0 fully saturated rings. The monoisotopic (exact) mass is 253 g/mol. The minimum Gasteiger partial charge on any atom is -0.481 e. The van der Waals surface area contributed by atoms with Gasteiger partial charge in [-0.1, -0.05) is 12.2 Å². The molecule has 4 heteroatoms. The second kappa shape index (κ2) is 5.12. The first kappa shape index (κ1) is 14.7. The SMILES string of the molecule is CC(C)(NC(=O)CC1C=CCC1)C(C)(C)C(=O)O. The third-order valence-corrected chi connectivity index (χ3v) is 4.11. The molecule has 0 bridgehead atoms. The smallest absolute Gasteiger partial charge is 0.311 e. The van der Waals surface area contributed by atoms with Gasteiger partial charge < -0.3 is 10.4 Å². The lowest BCUT2D eigenvalue weighted by Gasteiger charge is -2.39. The predicted octanol–water partition coefficient (Wildman–Crippen LogP) is 2.35. The van der Waals surface area contributed by atoms with Crippen LogP contribution in [0.3, 0.4) is 0 Å². The highest BCUT2D eigenvalue weighted by Crippen LogP contribution is 2.31. The number of aliphatic carboxylic acids is 1. The summed E-state index contributed by atoms with van der Waals surface area (Å²) in [7, 11) is 0. The number of carbonyl (C=O) groups is 2. The van der Waals surface area contributed by atoms with Gasteiger partial charge in [-0.2, -0.15) is 0 Å². The van der Waals surface area contributed by atoms with Gasteiger partial charge in [-0.3, -0.25) is 9.59 Å². The molecule has 0 aliphatic heterocycles. The van der Waals surface area contributed by atoms with Crippen molar-refractivity contribution in [3.05, 3.63) is 12.2 Å². The maximum absolute atomic E-state index is 11.9. The molecule has 1 atom stereocenters. The number of carbonyl (C=O) groups excluding carboxylic acids is 1. The van der Waals surface area contributed by atoms with E-state index in [-0.39, 0.29) is 5.91 Å². The van der Waals surface area contributed by atoms with Gasteiger partial charge in [0.2, 0.25) is 5.91 Å². The van der Waals surface area contributed by atoms with Crippen LogP contribution >= 0.6 is 0 Å². The molecular weight excluding hydrogens is 230 g/mol. The number of hydrogen-bond acceptors (Lipinski definition) is 2. The summed E-state index contributed by atoms with van der Waals surface area (Å²) in [5.41, 5.74) is -1.79. The van der Waals surface area contributed by atoms with E-state index in [4.69, 9.17) is 0 Å². The summed E-state index contributed by atoms with van der Waals surface area (Å²) in [5, 5.41) is 12.1. The van der Waals surface area contributed by atoms with Crippen molar-refractivity contribution in [2.45, 2.75) is 52.5 Å². The van der Waals surface area contributed by atoms with Crippen LogP contribution in [-0.4, -0.2) is 22.5 Å². The van der Waals surface area contributed by atoms with Crippen molar-refractivity contribution in [2.24, 2.45) is 11.3 Å². The quantitative estimate of drug-likeness (QED) is 0.739. The van der Waals surface area contributed by atoms with Crippen molar-refractivity contribution in [3.63, 3.8) is 0 Å². The molecule has 0 aromatic heterocycles. The van der Waals surface area contributed by atoms with Crippen LogP contribution in [0.4, 0.5) is 0 Å². The fourth-order valence-electron chi connectivity index (χ4n) is 1.93. The second-order valence-electron chi connectivity index (χ2n) is 6.07. The molecular formula is C14H23NO3. The Kier molecular flexibility index (Phi) is 4.20. The van der Waals surface area contributed by atoms with Crippen LogP contribution in [0.2, 0.25) is 0 Å². The molecule has 0 heterocycles. The molecule has 18 heavy (non-hydrogen) atoms. The molecule has 1 unspecified atom stereocenters. The van der Waals surface area contributed by atoms with Gasteiger partial charge in [0.05, 0.1) is 5.41 Å². The second-order valence-corrected chi connectivity index (χ2v) is 6.07. The van der Waals surface area contributed by atoms with Crippen LogP contribution in [0.15, 0.2) is 12.2 Å². The van der Waals surface area contributed by atoms with E-state index in [2.05, 4.69) is 17.5 Å². The Hall–Kier alpha value is -1.32. The maximum Gasteiger partial charge on any atom is 0.311 e. The van der Waals surface area contributed by atoms with Crippen molar-refractivity contribution in [2.75, 3.05) is 0 Å². The molecule has 0 aromatic carbocycles. The number of carboxylic acids is 1. The van der Waals surface area contributed by atoms with Gasteiger partial charge in [-0.05, 0) is 46.5 Å². The van der Waals surface area contributed by atoms with E-state index >= 15 is 0 Å². The van der Waals surface area contributed by atoms with Crippen LogP contribution < -0.4 is 5.32 Å². The van der Waals surface area contributed by atoms with Gasteiger partial charge in [0, 0.05) is 12.0 Å². The Morgan fingerprint density at radius 1 is 1.33 bits per heavy atom. The van der Waals surface area contributed by atoms with Gasteiger partial charge >= 0.3 is 5.97 Å². The third kappa shape index (κ3) is 3.12. The number of hydrogen-bond donors (Lipinski definition) is 2. The number of nitrogens with one attached hydrogen (secondary N) is 1. The number of amides is 1. The summed E-state index contributed by atoms with van der Waals surface area (Å²) in [6.07, 6.45) is 6.63. The fraction of sp³-hybridized carbons (Fsp3) is 0.714. The molecule has 1 rings (SSSR count). The Morgan fingerprint density at radius 2 is 1.94 bits per heavy atom. The average Bonchev–Trinajstić information content (AvgIpc) is 2.68. The highest BCUT2D eigenvalue weighted by Gasteiger charge is 2.44. The first-order valence-corrected chi connectivity index (χ1v) is 6.38. The zero-order valence-corrected chi connectivity index (χ0v) is 11.6. The first-order chi connectivity index (χ1) is 8.17. The highest BCUT2D eigenvalue weighted by atomic mass is 16.4. The summed E-state index contributed by atoms with van der Waals surface area (Å²) < 4.78 is 0. The summed E-state index contributed by atoms with van der Waals surface area (Å²) in [5.74, 6) is -0.687. The van der Waals surface area contributed by atoms with E-state index in [1.807, 2.05) is 0 Å². The summed E-state index contributed by atoms with van der Waals surface area (Å²) in [6.45, 7) is 6.77. The number of allylic oxidation sites excluding steroid dienone is 2. The van der Waals surface area contributed by atoms with Gasteiger partial charge in [-0.15, -0.1) is 0 Å². The largest absolute Gasteiger partial charge is 0.481 e. The lowest BCUT2D eigenvalue weighted by Crippen LogP contribution is -2.57. The van der Waals surface area contributed by atoms with E-state index in [1.165, 1.54) is 0 Å². The van der Waals surface area contributed by atoms with Gasteiger partial charge in [0.15, 0.2) is 0 Å². The normalized spacial score (nSPS) is 19.9. The minimum atomic E-state index is -1.01. The van der Waals surface area contributed by atoms with Crippen molar-refractivity contribution in [3.8, 4) is 0 Å². The Labute approximate surface area is 108 Å². The Balaban J connectivity index is 2.61. The fourth-order valence-corrected chi connectivity index (χ4v) is 1.93. The average molecular weight is 253 g/mol. The van der Waals surface area contributed by atoms with Crippen molar-refractivity contribution < 1.29 is 14.7 Å². The number of carboxylic acid groups (broad SMARTS) is 1. The van der Waals surface area contributed by atoms with Crippen molar-refractivity contribution in [1.29, 1.82) is 0 Å². The predicted molar refractivity (Wildman–Crippen MR) is 70.1 cm³/mol. The van der Waals surface area contributed by atoms with Crippen LogP contribution in [0.1, 0.15) is 47.0 Å². The van der Waals surface area contributed by atoms with Crippen molar-refractivity contribution >= 4 is 11.9 Å². The van der Waals surface area contributed by atoms with Gasteiger partial charge in [0.1, 0.15) is 0 Å². The summed E-state index contributed by atoms with van der Waals surface area (Å²) >= 11 is 0. The lowest BCUT2D eigenvalue weighted by molar-refractivity contribution is -0.151. The molecule has 0 radical (unpaired) electrons. The minimum absolute atomic E-state index is 0.0779. The number of rotatable bonds is 5. The van der Waals surface area contributed by atoms with E-state index < -0.39 is 16.9 Å². The van der Waals surface area contributed by atoms with Crippen LogP contribution in [0.25, 0.3) is 0 Å². The van der Waals surface area contributed by atoms with E-state index in [9.17, 15) is 14.7 Å². The topological polar surface area (TPSA) is 66.4 Å². The molecule has 2 N–H and O–H groups in total. The van der Waals surface area contributed by atoms with E-state index in [1.54, 1.807) is 27.7 Å². The zero-order chi connectivity index (χ0) is 14.0. The van der Waals surface area contributed by atoms with Gasteiger partial charge in [0.25, 0.3) is 0 Å². The third-order valence-electron chi connectivity index (χ3n) is 4.11. The molecule has 0 saturated carbocycles. The van der Waals surface area contributed by atoms with Crippen LogP contribution in [-0.2, 0) is 9.59 Å². The first-order valence-electron chi connectivity index (χ1n) is 6.38. The van der Waals surface area contributed by atoms with Gasteiger partial charge in [-0.25, -0.2) is 0 Å². The Morgan fingerprint density at radius 3 is 2.39 bits per heavy atom. The lowest BCUT2D eigenvalue weighted by atomic mass is 9.74. The molecule has 0 aromatic rings. The molecule has 1 aliphatic carbocycles. The van der Waals surface area contributed by atoms with Crippen LogP contribution in [0.5, 0.6) is 0 Å². The zero-order valence-electron chi connectivity index (χ0n) is 11.6. The summed E-state index contributed by atoms with van der Waals surface area (Å²) in [4.78, 5) is 23.2. The van der Waals surface area contributed by atoms with Crippen LogP contribution in [0, 0.1) is 11.3 Å². The standard InChI is InChI=1S/C14H23NO3/c1-13(2,12(17)18)14(3,4)15-11(16)9-10-7-5-6-8-10/h5,7,10H,6,8-9H2,1-4H3,(H,15,16)(H,17,18). The van der Waals surface area contributed by atoms with Crippen molar-refractivity contribution in [1.82, 2.24) is 5.32 Å². The summed E-state index contributed by atoms with van der Waals surface area (Å²) in [6, 6.07) is 0. The van der Waals surface area contributed by atoms with E-state index in [0.29, 0.717) is 12.3 Å². The maximum atomic E-state index is 11.9. The van der Waals surface area contributed by atoms with E-state index in [0.717, 1.165) is 12.8 Å². The molecule has 4 nitrogen and oxygen atoms in total. The molecule has 1 amide bonds.